The number of hydrogen-bond donors (Lipinski definition) is 2. The average molecular weight is 142 g/mol. The third-order valence-corrected chi connectivity index (χ3v) is 1.66. The van der Waals surface area contributed by atoms with Crippen molar-refractivity contribution in [1.29, 1.82) is 0 Å². The number of hydrogen-bond acceptors (Lipinski definition) is 4. The van der Waals surface area contributed by atoms with Gasteiger partial charge in [0.15, 0.2) is 6.23 Å². The van der Waals surface area contributed by atoms with Crippen LogP contribution in [-0.4, -0.2) is 25.6 Å². The van der Waals surface area contributed by atoms with Crippen molar-refractivity contribution in [2.75, 3.05) is 13.3 Å². The second kappa shape index (κ2) is 2.48. The van der Waals surface area contributed by atoms with E-state index in [0.717, 1.165) is 6.61 Å². The highest BCUT2D eigenvalue weighted by atomic mass is 16.5. The first-order valence-corrected chi connectivity index (χ1v) is 3.34. The van der Waals surface area contributed by atoms with Crippen LogP contribution in [0, 0.1) is 0 Å². The van der Waals surface area contributed by atoms with Crippen LogP contribution in [0.25, 0.3) is 0 Å². The summed E-state index contributed by atoms with van der Waals surface area (Å²) in [6.45, 7) is 1.35. The molecule has 56 valence electrons. The van der Waals surface area contributed by atoms with Crippen LogP contribution >= 0.6 is 0 Å². The van der Waals surface area contributed by atoms with E-state index in [2.05, 4.69) is 10.6 Å². The largest absolute Gasteiger partial charge is 0.475 e. The van der Waals surface area contributed by atoms with Crippen molar-refractivity contribution in [3.8, 4) is 0 Å². The maximum atomic E-state index is 5.20. The van der Waals surface area contributed by atoms with Crippen LogP contribution < -0.4 is 10.6 Å². The van der Waals surface area contributed by atoms with E-state index in [4.69, 9.17) is 9.47 Å². The van der Waals surface area contributed by atoms with Crippen LogP contribution in [0.1, 0.15) is 0 Å². The van der Waals surface area contributed by atoms with Gasteiger partial charge in [0.1, 0.15) is 6.26 Å². The van der Waals surface area contributed by atoms with Gasteiger partial charge in [0.25, 0.3) is 0 Å². The van der Waals surface area contributed by atoms with Gasteiger partial charge in [-0.05, 0) is 0 Å². The highest BCUT2D eigenvalue weighted by Gasteiger charge is 2.26. The summed E-state index contributed by atoms with van der Waals surface area (Å²) in [5.74, 6) is 0. The van der Waals surface area contributed by atoms with Crippen LogP contribution in [0.15, 0.2) is 12.5 Å². The molecular weight excluding hydrogens is 132 g/mol. The van der Waals surface area contributed by atoms with Crippen LogP contribution in [0.3, 0.4) is 0 Å². The fraction of sp³-hybridized carbons (Fsp3) is 0.667. The van der Waals surface area contributed by atoms with E-state index in [1.165, 1.54) is 0 Å². The molecule has 4 nitrogen and oxygen atoms in total. The minimum absolute atomic E-state index is 0.0579. The molecule has 0 aromatic carbocycles. The van der Waals surface area contributed by atoms with E-state index >= 15 is 0 Å². The standard InChI is InChI=1S/C6H10N2O2/c1-2-10-6(7-1)5-3-9-4-8-5/h1-2,5-8H,3-4H2. The van der Waals surface area contributed by atoms with Crippen LogP contribution in [-0.2, 0) is 9.47 Å². The molecule has 10 heavy (non-hydrogen) atoms. The van der Waals surface area contributed by atoms with Gasteiger partial charge in [-0.15, -0.1) is 0 Å². The van der Waals surface area contributed by atoms with Gasteiger partial charge in [-0.2, -0.15) is 0 Å². The molecule has 1 saturated heterocycles. The second-order valence-corrected chi connectivity index (χ2v) is 2.35. The average Bonchev–Trinajstić information content (AvgIpc) is 2.59. The number of nitrogens with one attached hydrogen (secondary N) is 2. The molecule has 0 aliphatic carbocycles. The summed E-state index contributed by atoms with van der Waals surface area (Å²) in [6, 6.07) is 0.287. The summed E-state index contributed by atoms with van der Waals surface area (Å²) in [6.07, 6.45) is 3.51. The summed E-state index contributed by atoms with van der Waals surface area (Å²) < 4.78 is 10.3. The van der Waals surface area contributed by atoms with E-state index in [1.54, 1.807) is 12.5 Å². The Bertz CT molecular complexity index is 135. The first-order chi connectivity index (χ1) is 4.97. The highest BCUT2D eigenvalue weighted by Crippen LogP contribution is 2.06. The minimum atomic E-state index is 0.0579. The molecule has 2 N–H and O–H groups in total. The molecule has 2 heterocycles. The lowest BCUT2D eigenvalue weighted by atomic mass is 10.3. The maximum absolute atomic E-state index is 5.20. The molecule has 0 spiro atoms. The molecule has 0 amide bonds. The zero-order valence-electron chi connectivity index (χ0n) is 5.54. The third-order valence-electron chi connectivity index (χ3n) is 1.66. The third kappa shape index (κ3) is 0.955. The minimum Gasteiger partial charge on any atom is -0.475 e. The molecule has 2 unspecified atom stereocenters. The Labute approximate surface area is 59.2 Å². The van der Waals surface area contributed by atoms with Gasteiger partial charge >= 0.3 is 0 Å². The fourth-order valence-electron chi connectivity index (χ4n) is 1.11. The fourth-order valence-corrected chi connectivity index (χ4v) is 1.11. The zero-order valence-corrected chi connectivity index (χ0v) is 5.54. The predicted molar refractivity (Wildman–Crippen MR) is 34.9 cm³/mol. The van der Waals surface area contributed by atoms with Gasteiger partial charge in [-0.1, -0.05) is 0 Å². The van der Waals surface area contributed by atoms with Crippen molar-refractivity contribution in [3.05, 3.63) is 12.5 Å². The Balaban J connectivity index is 1.87. The maximum Gasteiger partial charge on any atom is 0.186 e. The lowest BCUT2D eigenvalue weighted by Gasteiger charge is -2.16. The molecule has 2 rings (SSSR count). The van der Waals surface area contributed by atoms with Gasteiger partial charge in [-0.25, -0.2) is 0 Å². The van der Waals surface area contributed by atoms with E-state index in [9.17, 15) is 0 Å². The summed E-state index contributed by atoms with van der Waals surface area (Å²) in [5.41, 5.74) is 0. The lowest BCUT2D eigenvalue weighted by molar-refractivity contribution is 0.106. The number of ether oxygens (including phenoxy) is 2. The molecule has 4 heteroatoms. The van der Waals surface area contributed by atoms with E-state index in [0.29, 0.717) is 6.73 Å². The second-order valence-electron chi connectivity index (χ2n) is 2.35. The van der Waals surface area contributed by atoms with Crippen molar-refractivity contribution >= 4 is 0 Å². The topological polar surface area (TPSA) is 42.5 Å². The SMILES string of the molecule is C1=COC(C2COCN2)N1. The summed E-state index contributed by atoms with van der Waals surface area (Å²) in [5, 5.41) is 6.20. The van der Waals surface area contributed by atoms with Crippen LogP contribution in [0.2, 0.25) is 0 Å². The van der Waals surface area contributed by atoms with E-state index in [1.807, 2.05) is 0 Å². The molecule has 0 radical (unpaired) electrons. The van der Waals surface area contributed by atoms with Crippen LogP contribution in [0.5, 0.6) is 0 Å². The van der Waals surface area contributed by atoms with Gasteiger partial charge in [0, 0.05) is 6.20 Å². The smallest absolute Gasteiger partial charge is 0.186 e. The lowest BCUT2D eigenvalue weighted by Crippen LogP contribution is -2.43. The Morgan fingerprint density at radius 3 is 3.10 bits per heavy atom. The Kier molecular flexibility index (Phi) is 1.49. The molecular formula is C6H10N2O2. The van der Waals surface area contributed by atoms with Gasteiger partial charge < -0.3 is 14.8 Å². The quantitative estimate of drug-likeness (QED) is 0.510. The highest BCUT2D eigenvalue weighted by molar-refractivity contribution is 4.89. The first-order valence-electron chi connectivity index (χ1n) is 3.34. The van der Waals surface area contributed by atoms with Crippen molar-refractivity contribution in [1.82, 2.24) is 10.6 Å². The first kappa shape index (κ1) is 6.00. The Morgan fingerprint density at radius 1 is 1.50 bits per heavy atom. The Hall–Kier alpha value is -0.740. The van der Waals surface area contributed by atoms with E-state index < -0.39 is 0 Å². The summed E-state index contributed by atoms with van der Waals surface area (Å²) >= 11 is 0. The van der Waals surface area contributed by atoms with Crippen molar-refractivity contribution in [2.45, 2.75) is 12.3 Å². The molecule has 1 fully saturated rings. The van der Waals surface area contributed by atoms with Gasteiger partial charge in [-0.3, -0.25) is 5.32 Å². The molecule has 2 atom stereocenters. The molecule has 0 aromatic rings. The molecule has 2 aliphatic rings. The van der Waals surface area contributed by atoms with Crippen molar-refractivity contribution < 1.29 is 9.47 Å². The zero-order chi connectivity index (χ0) is 6.81. The van der Waals surface area contributed by atoms with Gasteiger partial charge in [0.05, 0.1) is 19.4 Å². The molecule has 0 aromatic heterocycles. The monoisotopic (exact) mass is 142 g/mol. The molecule has 0 saturated carbocycles. The summed E-state index contributed by atoms with van der Waals surface area (Å²) in [7, 11) is 0. The molecule has 2 aliphatic heterocycles. The van der Waals surface area contributed by atoms with Crippen LogP contribution in [0.4, 0.5) is 0 Å². The van der Waals surface area contributed by atoms with E-state index in [-0.39, 0.29) is 12.3 Å². The van der Waals surface area contributed by atoms with Gasteiger partial charge in [0.2, 0.25) is 0 Å². The normalized spacial score (nSPS) is 37.6. The van der Waals surface area contributed by atoms with Crippen molar-refractivity contribution in [2.24, 2.45) is 0 Å². The Morgan fingerprint density at radius 2 is 2.50 bits per heavy atom. The molecule has 0 bridgehead atoms. The van der Waals surface area contributed by atoms with Crippen molar-refractivity contribution in [3.63, 3.8) is 0 Å². The summed E-state index contributed by atoms with van der Waals surface area (Å²) in [4.78, 5) is 0. The number of rotatable bonds is 1. The predicted octanol–water partition coefficient (Wildman–Crippen LogP) is -0.651.